The summed E-state index contributed by atoms with van der Waals surface area (Å²) in [6.45, 7) is 0. The monoisotopic (exact) mass is 282 g/mol. The Morgan fingerprint density at radius 2 is 1.57 bits per heavy atom. The fourth-order valence-electron chi connectivity index (χ4n) is 2.47. The zero-order valence-electron chi connectivity index (χ0n) is 11.5. The average Bonchev–Trinajstić information content (AvgIpc) is 3.32. The molecule has 0 unspecified atom stereocenters. The molecule has 2 atom stereocenters. The molecule has 4 heteroatoms. The Balaban J connectivity index is 1.96. The quantitative estimate of drug-likeness (QED) is 0.490. The summed E-state index contributed by atoms with van der Waals surface area (Å²) in [5.74, 6) is -0.771. The van der Waals surface area contributed by atoms with Crippen LogP contribution in [-0.2, 0) is 19.9 Å². The van der Waals surface area contributed by atoms with Gasteiger partial charge >= 0.3 is 5.97 Å². The summed E-state index contributed by atoms with van der Waals surface area (Å²) in [5, 5.41) is 0. The molecule has 2 aromatic rings. The van der Waals surface area contributed by atoms with Crippen molar-refractivity contribution in [3.63, 3.8) is 0 Å². The number of rotatable bonds is 4. The number of esters is 1. The summed E-state index contributed by atoms with van der Waals surface area (Å²) in [6.07, 6.45) is -0.838. The van der Waals surface area contributed by atoms with Crippen LogP contribution in [0.1, 0.15) is 15.9 Å². The van der Waals surface area contributed by atoms with Crippen molar-refractivity contribution in [3.05, 3.63) is 71.8 Å². The summed E-state index contributed by atoms with van der Waals surface area (Å²) in [4.78, 5) is 24.6. The van der Waals surface area contributed by atoms with Crippen molar-refractivity contribution >= 4 is 11.8 Å². The summed E-state index contributed by atoms with van der Waals surface area (Å²) in [7, 11) is 1.29. The fourth-order valence-corrected chi connectivity index (χ4v) is 2.47. The standard InChI is InChI=1S/C17H14O4/c1-20-16(19)17(13-10-6-3-7-11-13)15(21-17)14(18)12-8-4-2-5-9-12/h2-11,15H,1H3/t15-,17+/m0/s1. The molecule has 3 rings (SSSR count). The van der Waals surface area contributed by atoms with Crippen molar-refractivity contribution in [2.24, 2.45) is 0 Å². The third kappa shape index (κ3) is 2.14. The van der Waals surface area contributed by atoms with E-state index in [9.17, 15) is 9.59 Å². The van der Waals surface area contributed by atoms with E-state index in [0.717, 1.165) is 0 Å². The lowest BCUT2D eigenvalue weighted by Gasteiger charge is -2.10. The Morgan fingerprint density at radius 1 is 1.00 bits per heavy atom. The number of benzene rings is 2. The Bertz CT molecular complexity index is 666. The normalized spacial score (nSPS) is 23.4. The number of Topliss-reactive ketones (excluding diaryl/α,β-unsaturated/α-hetero) is 1. The number of carbonyl (C=O) groups is 2. The number of ether oxygens (including phenoxy) is 2. The third-order valence-corrected chi connectivity index (χ3v) is 3.60. The highest BCUT2D eigenvalue weighted by Gasteiger charge is 2.68. The maximum absolute atomic E-state index is 12.5. The van der Waals surface area contributed by atoms with Crippen molar-refractivity contribution in [2.75, 3.05) is 7.11 Å². The van der Waals surface area contributed by atoms with Crippen molar-refractivity contribution in [1.29, 1.82) is 0 Å². The largest absolute Gasteiger partial charge is 0.467 e. The van der Waals surface area contributed by atoms with Crippen LogP contribution in [0.3, 0.4) is 0 Å². The first kappa shape index (κ1) is 13.5. The Labute approximate surface area is 122 Å². The first-order chi connectivity index (χ1) is 10.2. The van der Waals surface area contributed by atoms with Gasteiger partial charge in [0, 0.05) is 5.56 Å². The highest BCUT2D eigenvalue weighted by atomic mass is 16.7. The lowest BCUT2D eigenvalue weighted by atomic mass is 9.91. The minimum atomic E-state index is -1.32. The molecule has 1 saturated heterocycles. The van der Waals surface area contributed by atoms with E-state index in [2.05, 4.69) is 0 Å². The number of hydrogen-bond donors (Lipinski definition) is 0. The van der Waals surface area contributed by atoms with Crippen LogP contribution >= 0.6 is 0 Å². The molecule has 0 amide bonds. The summed E-state index contributed by atoms with van der Waals surface area (Å²) in [6, 6.07) is 17.7. The van der Waals surface area contributed by atoms with Gasteiger partial charge in [-0.15, -0.1) is 0 Å². The second-order valence-corrected chi connectivity index (χ2v) is 4.82. The lowest BCUT2D eigenvalue weighted by molar-refractivity contribution is -0.147. The topological polar surface area (TPSA) is 55.9 Å². The molecule has 106 valence electrons. The van der Waals surface area contributed by atoms with Crippen molar-refractivity contribution in [1.82, 2.24) is 0 Å². The molecular weight excluding hydrogens is 268 g/mol. The SMILES string of the molecule is COC(=O)[C@]1(c2ccccc2)O[C@H]1C(=O)c1ccccc1. The van der Waals surface area contributed by atoms with Crippen LogP contribution in [0.15, 0.2) is 60.7 Å². The predicted octanol–water partition coefficient (Wildman–Crippen LogP) is 2.34. The molecule has 0 saturated carbocycles. The highest BCUT2D eigenvalue weighted by molar-refractivity contribution is 6.07. The minimum absolute atomic E-state index is 0.218. The molecule has 0 spiro atoms. The van der Waals surface area contributed by atoms with Crippen LogP contribution in [0.4, 0.5) is 0 Å². The maximum Gasteiger partial charge on any atom is 0.346 e. The summed E-state index contributed by atoms with van der Waals surface area (Å²) < 4.78 is 10.4. The minimum Gasteiger partial charge on any atom is -0.467 e. The van der Waals surface area contributed by atoms with Gasteiger partial charge in [0.15, 0.2) is 11.9 Å². The average molecular weight is 282 g/mol. The number of hydrogen-bond acceptors (Lipinski definition) is 4. The zero-order chi connectivity index (χ0) is 14.9. The van der Waals surface area contributed by atoms with E-state index in [1.807, 2.05) is 12.1 Å². The number of carbonyl (C=O) groups excluding carboxylic acids is 2. The van der Waals surface area contributed by atoms with Gasteiger partial charge in [0.2, 0.25) is 5.60 Å². The molecule has 2 aromatic carbocycles. The Hall–Kier alpha value is -2.46. The van der Waals surface area contributed by atoms with Gasteiger partial charge in [-0.05, 0) is 5.56 Å². The molecule has 0 bridgehead atoms. The highest BCUT2D eigenvalue weighted by Crippen LogP contribution is 2.48. The molecular formula is C17H14O4. The van der Waals surface area contributed by atoms with E-state index in [4.69, 9.17) is 9.47 Å². The fraction of sp³-hybridized carbons (Fsp3) is 0.176. The lowest BCUT2D eigenvalue weighted by Crippen LogP contribution is -2.29. The van der Waals surface area contributed by atoms with Gasteiger partial charge < -0.3 is 9.47 Å². The molecule has 0 aliphatic carbocycles. The van der Waals surface area contributed by atoms with Gasteiger partial charge in [0.1, 0.15) is 0 Å². The molecule has 0 N–H and O–H groups in total. The summed E-state index contributed by atoms with van der Waals surface area (Å²) >= 11 is 0. The van der Waals surface area contributed by atoms with Crippen LogP contribution in [0.2, 0.25) is 0 Å². The first-order valence-electron chi connectivity index (χ1n) is 6.61. The van der Waals surface area contributed by atoms with E-state index in [-0.39, 0.29) is 5.78 Å². The van der Waals surface area contributed by atoms with E-state index in [0.29, 0.717) is 11.1 Å². The Kier molecular flexibility index (Phi) is 3.31. The van der Waals surface area contributed by atoms with Crippen molar-refractivity contribution < 1.29 is 19.1 Å². The number of epoxide rings is 1. The van der Waals surface area contributed by atoms with Crippen LogP contribution < -0.4 is 0 Å². The van der Waals surface area contributed by atoms with E-state index >= 15 is 0 Å². The van der Waals surface area contributed by atoms with Gasteiger partial charge in [-0.3, -0.25) is 4.79 Å². The predicted molar refractivity (Wildman–Crippen MR) is 75.8 cm³/mol. The molecule has 1 heterocycles. The second kappa shape index (κ2) is 5.14. The van der Waals surface area contributed by atoms with Gasteiger partial charge in [0.25, 0.3) is 0 Å². The molecule has 0 aromatic heterocycles. The van der Waals surface area contributed by atoms with Crippen molar-refractivity contribution in [3.8, 4) is 0 Å². The van der Waals surface area contributed by atoms with Crippen LogP contribution in [0.5, 0.6) is 0 Å². The molecule has 1 aliphatic heterocycles. The molecule has 1 aliphatic rings. The van der Waals surface area contributed by atoms with E-state index in [1.54, 1.807) is 48.5 Å². The molecule has 1 fully saturated rings. The number of ketones is 1. The van der Waals surface area contributed by atoms with Crippen LogP contribution in [0.25, 0.3) is 0 Å². The Morgan fingerprint density at radius 3 is 2.14 bits per heavy atom. The van der Waals surface area contributed by atoms with Crippen molar-refractivity contribution in [2.45, 2.75) is 11.7 Å². The van der Waals surface area contributed by atoms with Crippen LogP contribution in [0, 0.1) is 0 Å². The molecule has 4 nitrogen and oxygen atoms in total. The van der Waals surface area contributed by atoms with Gasteiger partial charge in [-0.1, -0.05) is 60.7 Å². The van der Waals surface area contributed by atoms with E-state index < -0.39 is 17.7 Å². The van der Waals surface area contributed by atoms with Gasteiger partial charge in [-0.25, -0.2) is 4.79 Å². The van der Waals surface area contributed by atoms with Gasteiger partial charge in [0.05, 0.1) is 7.11 Å². The van der Waals surface area contributed by atoms with Gasteiger partial charge in [-0.2, -0.15) is 0 Å². The second-order valence-electron chi connectivity index (χ2n) is 4.82. The third-order valence-electron chi connectivity index (χ3n) is 3.60. The maximum atomic E-state index is 12.5. The van der Waals surface area contributed by atoms with Crippen LogP contribution in [-0.4, -0.2) is 25.0 Å². The molecule has 21 heavy (non-hydrogen) atoms. The smallest absolute Gasteiger partial charge is 0.346 e. The zero-order valence-corrected chi connectivity index (χ0v) is 11.5. The summed E-state index contributed by atoms with van der Waals surface area (Å²) in [5.41, 5.74) is -0.168. The molecule has 0 radical (unpaired) electrons. The van der Waals surface area contributed by atoms with E-state index in [1.165, 1.54) is 7.11 Å². The first-order valence-corrected chi connectivity index (χ1v) is 6.61. The number of methoxy groups -OCH3 is 1.